The van der Waals surface area contributed by atoms with Gasteiger partial charge in [-0.25, -0.2) is 0 Å². The SMILES string of the molecule is CCCOc1ccc(C(C)CCCN)cc1. The summed E-state index contributed by atoms with van der Waals surface area (Å²) < 4.78 is 5.55. The molecule has 0 heterocycles. The van der Waals surface area contributed by atoms with Crippen molar-refractivity contribution in [1.82, 2.24) is 0 Å². The number of hydrogen-bond donors (Lipinski definition) is 1. The topological polar surface area (TPSA) is 35.2 Å². The summed E-state index contributed by atoms with van der Waals surface area (Å²) in [5.74, 6) is 1.56. The van der Waals surface area contributed by atoms with Gasteiger partial charge in [-0.3, -0.25) is 0 Å². The number of benzene rings is 1. The predicted molar refractivity (Wildman–Crippen MR) is 68.9 cm³/mol. The summed E-state index contributed by atoms with van der Waals surface area (Å²) in [5, 5.41) is 0. The molecule has 0 spiro atoms. The molecule has 0 saturated heterocycles. The monoisotopic (exact) mass is 221 g/mol. The van der Waals surface area contributed by atoms with E-state index in [0.717, 1.165) is 38.2 Å². The standard InChI is InChI=1S/C14H23NO/c1-3-11-16-14-8-6-13(7-9-14)12(2)5-4-10-15/h6-9,12H,3-5,10-11,15H2,1-2H3. The van der Waals surface area contributed by atoms with Gasteiger partial charge in [0.15, 0.2) is 0 Å². The van der Waals surface area contributed by atoms with E-state index >= 15 is 0 Å². The predicted octanol–water partition coefficient (Wildman–Crippen LogP) is 3.32. The molecule has 0 aromatic heterocycles. The minimum Gasteiger partial charge on any atom is -0.494 e. The molecule has 0 radical (unpaired) electrons. The summed E-state index contributed by atoms with van der Waals surface area (Å²) >= 11 is 0. The summed E-state index contributed by atoms with van der Waals surface area (Å²) in [5.41, 5.74) is 6.89. The molecule has 2 nitrogen and oxygen atoms in total. The fourth-order valence-corrected chi connectivity index (χ4v) is 1.70. The Hall–Kier alpha value is -1.02. The molecule has 0 amide bonds. The van der Waals surface area contributed by atoms with Crippen LogP contribution in [0.25, 0.3) is 0 Å². The molecule has 0 bridgehead atoms. The van der Waals surface area contributed by atoms with E-state index in [-0.39, 0.29) is 0 Å². The largest absolute Gasteiger partial charge is 0.494 e. The Morgan fingerprint density at radius 1 is 1.25 bits per heavy atom. The minimum absolute atomic E-state index is 0.587. The first kappa shape index (κ1) is 13.0. The summed E-state index contributed by atoms with van der Waals surface area (Å²) in [4.78, 5) is 0. The van der Waals surface area contributed by atoms with E-state index in [1.165, 1.54) is 5.56 Å². The highest BCUT2D eigenvalue weighted by Gasteiger charge is 2.04. The molecular formula is C14H23NO. The Balaban J connectivity index is 2.49. The molecule has 0 saturated carbocycles. The van der Waals surface area contributed by atoms with Crippen LogP contribution in [0.1, 0.15) is 44.6 Å². The van der Waals surface area contributed by atoms with Crippen LogP contribution < -0.4 is 10.5 Å². The fourth-order valence-electron chi connectivity index (χ4n) is 1.70. The molecule has 16 heavy (non-hydrogen) atoms. The molecule has 0 aliphatic rings. The summed E-state index contributed by atoms with van der Waals surface area (Å²) in [6, 6.07) is 8.44. The van der Waals surface area contributed by atoms with E-state index in [1.54, 1.807) is 0 Å². The Labute approximate surface area is 98.8 Å². The molecule has 2 N–H and O–H groups in total. The third-order valence-corrected chi connectivity index (χ3v) is 2.76. The van der Waals surface area contributed by atoms with Crippen LogP contribution in [0.2, 0.25) is 0 Å². The van der Waals surface area contributed by atoms with Crippen molar-refractivity contribution in [3.05, 3.63) is 29.8 Å². The van der Waals surface area contributed by atoms with E-state index in [4.69, 9.17) is 10.5 Å². The lowest BCUT2D eigenvalue weighted by atomic mass is 9.96. The van der Waals surface area contributed by atoms with Crippen molar-refractivity contribution in [2.75, 3.05) is 13.2 Å². The molecule has 1 unspecified atom stereocenters. The van der Waals surface area contributed by atoms with Crippen molar-refractivity contribution < 1.29 is 4.74 Å². The van der Waals surface area contributed by atoms with Gasteiger partial charge in [0.25, 0.3) is 0 Å². The summed E-state index contributed by atoms with van der Waals surface area (Å²) in [6.07, 6.45) is 3.30. The highest BCUT2D eigenvalue weighted by atomic mass is 16.5. The van der Waals surface area contributed by atoms with Crippen LogP contribution in [0.15, 0.2) is 24.3 Å². The van der Waals surface area contributed by atoms with Crippen molar-refractivity contribution in [3.63, 3.8) is 0 Å². The zero-order chi connectivity index (χ0) is 11.8. The summed E-state index contributed by atoms with van der Waals surface area (Å²) in [6.45, 7) is 5.94. The third kappa shape index (κ3) is 4.23. The van der Waals surface area contributed by atoms with Crippen LogP contribution in [0, 0.1) is 0 Å². The maximum Gasteiger partial charge on any atom is 0.119 e. The van der Waals surface area contributed by atoms with Gasteiger partial charge in [-0.2, -0.15) is 0 Å². The van der Waals surface area contributed by atoms with Gasteiger partial charge in [0.2, 0.25) is 0 Å². The quantitative estimate of drug-likeness (QED) is 0.766. The first-order valence-electron chi connectivity index (χ1n) is 6.20. The van der Waals surface area contributed by atoms with Gasteiger partial charge in [0.1, 0.15) is 5.75 Å². The Bertz CT molecular complexity index is 281. The molecule has 0 fully saturated rings. The first-order valence-corrected chi connectivity index (χ1v) is 6.20. The molecule has 90 valence electrons. The molecule has 1 rings (SSSR count). The van der Waals surface area contributed by atoms with Crippen LogP contribution in [0.4, 0.5) is 0 Å². The number of rotatable bonds is 7. The smallest absolute Gasteiger partial charge is 0.119 e. The first-order chi connectivity index (χ1) is 7.77. The average Bonchev–Trinajstić information content (AvgIpc) is 2.34. The van der Waals surface area contributed by atoms with E-state index in [9.17, 15) is 0 Å². The Morgan fingerprint density at radius 2 is 1.94 bits per heavy atom. The van der Waals surface area contributed by atoms with Crippen LogP contribution >= 0.6 is 0 Å². The zero-order valence-electron chi connectivity index (χ0n) is 10.4. The second-order valence-corrected chi connectivity index (χ2v) is 4.25. The van der Waals surface area contributed by atoms with Crippen molar-refractivity contribution >= 4 is 0 Å². The van der Waals surface area contributed by atoms with Crippen molar-refractivity contribution in [2.24, 2.45) is 5.73 Å². The number of nitrogens with two attached hydrogens (primary N) is 1. The molecule has 2 heteroatoms. The summed E-state index contributed by atoms with van der Waals surface area (Å²) in [7, 11) is 0. The molecule has 1 aromatic rings. The Kier molecular flexibility index (Phi) is 5.94. The maximum absolute atomic E-state index is 5.55. The average molecular weight is 221 g/mol. The highest BCUT2D eigenvalue weighted by Crippen LogP contribution is 2.22. The van der Waals surface area contributed by atoms with Crippen molar-refractivity contribution in [2.45, 2.75) is 39.0 Å². The Morgan fingerprint density at radius 3 is 2.50 bits per heavy atom. The van der Waals surface area contributed by atoms with Gasteiger partial charge in [-0.1, -0.05) is 26.0 Å². The highest BCUT2D eigenvalue weighted by molar-refractivity contribution is 5.29. The van der Waals surface area contributed by atoms with Gasteiger partial charge < -0.3 is 10.5 Å². The van der Waals surface area contributed by atoms with Gasteiger partial charge >= 0.3 is 0 Å². The van der Waals surface area contributed by atoms with Crippen LogP contribution in [0.3, 0.4) is 0 Å². The second-order valence-electron chi connectivity index (χ2n) is 4.25. The lowest BCUT2D eigenvalue weighted by Crippen LogP contribution is -2.02. The van der Waals surface area contributed by atoms with Gasteiger partial charge in [0.05, 0.1) is 6.61 Å². The van der Waals surface area contributed by atoms with Crippen LogP contribution in [-0.4, -0.2) is 13.2 Å². The van der Waals surface area contributed by atoms with Crippen molar-refractivity contribution in [3.8, 4) is 5.75 Å². The lowest BCUT2D eigenvalue weighted by molar-refractivity contribution is 0.317. The van der Waals surface area contributed by atoms with Crippen molar-refractivity contribution in [1.29, 1.82) is 0 Å². The molecule has 1 aromatic carbocycles. The van der Waals surface area contributed by atoms with Gasteiger partial charge in [0, 0.05) is 0 Å². The molecule has 0 aliphatic carbocycles. The minimum atomic E-state index is 0.587. The third-order valence-electron chi connectivity index (χ3n) is 2.76. The molecular weight excluding hydrogens is 198 g/mol. The fraction of sp³-hybridized carbons (Fsp3) is 0.571. The van der Waals surface area contributed by atoms with Crippen LogP contribution in [-0.2, 0) is 0 Å². The zero-order valence-corrected chi connectivity index (χ0v) is 10.4. The van der Waals surface area contributed by atoms with E-state index in [1.807, 2.05) is 0 Å². The number of ether oxygens (including phenoxy) is 1. The van der Waals surface area contributed by atoms with Gasteiger partial charge in [-0.05, 0) is 49.4 Å². The van der Waals surface area contributed by atoms with E-state index < -0.39 is 0 Å². The van der Waals surface area contributed by atoms with E-state index in [0.29, 0.717) is 5.92 Å². The second kappa shape index (κ2) is 7.29. The van der Waals surface area contributed by atoms with Gasteiger partial charge in [-0.15, -0.1) is 0 Å². The van der Waals surface area contributed by atoms with E-state index in [2.05, 4.69) is 38.1 Å². The normalized spacial score (nSPS) is 12.4. The lowest BCUT2D eigenvalue weighted by Gasteiger charge is -2.12. The maximum atomic E-state index is 5.55. The molecule has 0 aliphatic heterocycles. The van der Waals surface area contributed by atoms with Crippen LogP contribution in [0.5, 0.6) is 5.75 Å². The number of hydrogen-bond acceptors (Lipinski definition) is 2. The molecule has 1 atom stereocenters.